The standard InChI is InChI=1S/C57H61N7O19/c1-5-57(78)33-15-35-44-31(17-63(35)51(73)32(33)20-79-53(57)76)42(30-14-37-38(82-24-81-37)16-34(30)60-44)55-21-56(22-55,23-55)62-54(77)80-19-28-9-10-29(13-27(28)7-6-8-36-45(68)46(69)47(70)48(83-36)52(74)75)59-49(71)26(4)58-50(72)43(25(2)3)61-39(65)18-64-40(66)11-12-41(64)67/h9-16,25-26,36,43,45-48,68-70,78H,5-8,17-24H2,1-4H3,(H,58,72)(H,59,71)(H,61,65)(H,62,77)(H,74,75)/t26-,36-,43-,45-,46+,47-,48-,55?,56?,57-/m0/s1. The van der Waals surface area contributed by atoms with Crippen LogP contribution in [0, 0.1) is 5.92 Å². The molecule has 0 unspecified atom stereocenters. The van der Waals surface area contributed by atoms with Crippen LogP contribution in [-0.4, -0.2) is 149 Å². The summed E-state index contributed by atoms with van der Waals surface area (Å²) < 4.78 is 29.7. The van der Waals surface area contributed by atoms with Crippen LogP contribution in [0.1, 0.15) is 99.6 Å². The summed E-state index contributed by atoms with van der Waals surface area (Å²) in [6.45, 7) is 5.39. The van der Waals surface area contributed by atoms with Crippen molar-refractivity contribution in [2.45, 2.75) is 152 Å². The van der Waals surface area contributed by atoms with Crippen LogP contribution in [0.3, 0.4) is 0 Å². The normalized spacial score (nSPS) is 26.7. The van der Waals surface area contributed by atoms with E-state index in [0.717, 1.165) is 33.6 Å². The van der Waals surface area contributed by atoms with Crippen LogP contribution in [-0.2, 0) is 85.0 Å². The van der Waals surface area contributed by atoms with E-state index in [-0.39, 0.29) is 69.0 Å². The molecule has 26 nitrogen and oxygen atoms in total. The number of anilines is 1. The molecule has 8 aliphatic rings. The molecule has 3 aliphatic carbocycles. The molecule has 83 heavy (non-hydrogen) atoms. The predicted molar refractivity (Wildman–Crippen MR) is 285 cm³/mol. The molecular formula is C57H61N7O19. The molecule has 7 heterocycles. The minimum Gasteiger partial charge on any atom is -0.479 e. The van der Waals surface area contributed by atoms with Crippen molar-refractivity contribution in [3.8, 4) is 22.9 Å². The van der Waals surface area contributed by atoms with Crippen molar-refractivity contribution in [2.75, 3.05) is 18.7 Å². The molecule has 9 N–H and O–H groups in total. The number of benzene rings is 2. The topological polar surface area (TPSA) is 370 Å². The van der Waals surface area contributed by atoms with Crippen molar-refractivity contribution in [1.29, 1.82) is 0 Å². The first-order valence-corrected chi connectivity index (χ1v) is 27.3. The third-order valence-electron chi connectivity index (χ3n) is 17.1. The van der Waals surface area contributed by atoms with Crippen molar-refractivity contribution < 1.29 is 87.6 Å². The number of aryl methyl sites for hydroxylation is 1. The van der Waals surface area contributed by atoms with E-state index in [9.17, 15) is 68.7 Å². The Balaban J connectivity index is 0.784. The first-order valence-electron chi connectivity index (χ1n) is 27.3. The smallest absolute Gasteiger partial charge is 0.407 e. The van der Waals surface area contributed by atoms with Crippen molar-refractivity contribution in [3.05, 3.63) is 92.3 Å². The van der Waals surface area contributed by atoms with Gasteiger partial charge in [-0.15, -0.1) is 0 Å². The molecule has 1 saturated heterocycles. The average molecular weight is 1150 g/mol. The number of nitrogens with zero attached hydrogens (tertiary/aromatic N) is 3. The van der Waals surface area contributed by atoms with E-state index in [4.69, 9.17) is 28.7 Å². The second kappa shape index (κ2) is 21.2. The number of aliphatic hydroxyl groups excluding tert-OH is 3. The maximum Gasteiger partial charge on any atom is 0.407 e. The van der Waals surface area contributed by atoms with Crippen LogP contribution in [0.4, 0.5) is 10.5 Å². The molecule has 4 fully saturated rings. The SMILES string of the molecule is CC[C@@]1(O)C(=O)OCc2c1cc1n(c2=O)Cc2c-1nc1cc3c(cc1c2C12CC(NC(=O)OCc4ccc(NC(=O)[C@H](C)NC(=O)[C@@H](NC(=O)CN5C(=O)C=CC5=O)C(C)C)cc4CCC[C@@H]4O[C@H](C(=O)O)[C@@H](O)[C@H](O)[C@H]4O)(C1)C2)OCO3. The Morgan fingerprint density at radius 1 is 0.855 bits per heavy atom. The number of carboxylic acids is 1. The number of aromatic nitrogens is 2. The summed E-state index contributed by atoms with van der Waals surface area (Å²) >= 11 is 0. The number of carboxylic acid groups (broad SMARTS) is 1. The summed E-state index contributed by atoms with van der Waals surface area (Å²) in [6, 6.07) is 7.80. The monoisotopic (exact) mass is 1150 g/mol. The number of fused-ring (bicyclic) bond motifs is 6. The molecule has 5 aliphatic heterocycles. The third-order valence-corrected chi connectivity index (χ3v) is 17.1. The number of aliphatic hydroxyl groups is 4. The van der Waals surface area contributed by atoms with Gasteiger partial charge in [-0.3, -0.25) is 33.7 Å². The minimum atomic E-state index is -2.02. The van der Waals surface area contributed by atoms with Crippen LogP contribution >= 0.6 is 0 Å². The number of alkyl carbamates (subject to hydrolysis) is 1. The van der Waals surface area contributed by atoms with Crippen LogP contribution < -0.4 is 36.3 Å². The lowest BCUT2D eigenvalue weighted by atomic mass is 9.37. The Morgan fingerprint density at radius 2 is 1.57 bits per heavy atom. The molecule has 8 atom stereocenters. The van der Waals surface area contributed by atoms with Gasteiger partial charge >= 0.3 is 18.0 Å². The fourth-order valence-electron chi connectivity index (χ4n) is 12.7. The highest BCUT2D eigenvalue weighted by atomic mass is 16.7. The lowest BCUT2D eigenvalue weighted by Gasteiger charge is -2.71. The lowest BCUT2D eigenvalue weighted by molar-refractivity contribution is -0.228. The van der Waals surface area contributed by atoms with Crippen LogP contribution in [0.25, 0.3) is 22.3 Å². The van der Waals surface area contributed by atoms with E-state index < -0.39 is 125 Å². The van der Waals surface area contributed by atoms with Gasteiger partial charge in [-0.1, -0.05) is 26.8 Å². The molecule has 4 aromatic rings. The maximum absolute atomic E-state index is 14.2. The Hall–Kier alpha value is -8.30. The number of ether oxygens (including phenoxy) is 5. The molecule has 6 amide bonds. The van der Waals surface area contributed by atoms with Gasteiger partial charge in [0.05, 0.1) is 35.1 Å². The number of carbonyl (C=O) groups excluding carboxylic acids is 7. The number of imide groups is 1. The highest BCUT2D eigenvalue weighted by Gasteiger charge is 2.70. The first-order chi connectivity index (χ1) is 39.4. The summed E-state index contributed by atoms with van der Waals surface area (Å²) in [5.41, 5.74) is 1.41. The number of hydrogen-bond acceptors (Lipinski definition) is 19. The Morgan fingerprint density at radius 3 is 2.25 bits per heavy atom. The number of amides is 6. The molecule has 438 valence electrons. The van der Waals surface area contributed by atoms with E-state index in [1.807, 2.05) is 6.07 Å². The maximum atomic E-state index is 14.2. The second-order valence-corrected chi connectivity index (χ2v) is 22.8. The van der Waals surface area contributed by atoms with Gasteiger partial charge in [0, 0.05) is 51.4 Å². The molecule has 12 rings (SSSR count). The molecule has 26 heteroatoms. The van der Waals surface area contributed by atoms with E-state index in [1.54, 1.807) is 55.7 Å². The molecule has 0 spiro atoms. The molecule has 2 aromatic carbocycles. The van der Waals surface area contributed by atoms with Crippen LogP contribution in [0.15, 0.2) is 53.3 Å². The number of hydrogen-bond donors (Lipinski definition) is 9. The van der Waals surface area contributed by atoms with Crippen molar-refractivity contribution in [3.63, 3.8) is 0 Å². The molecule has 2 aromatic heterocycles. The van der Waals surface area contributed by atoms with Gasteiger partial charge in [0.25, 0.3) is 17.4 Å². The third kappa shape index (κ3) is 9.89. The van der Waals surface area contributed by atoms with Gasteiger partial charge in [0.1, 0.15) is 50.2 Å². The lowest BCUT2D eigenvalue weighted by Crippen LogP contribution is -2.77. The molecular weight excluding hydrogens is 1090 g/mol. The van der Waals surface area contributed by atoms with Crippen LogP contribution in [0.5, 0.6) is 11.5 Å². The second-order valence-electron chi connectivity index (χ2n) is 22.8. The quantitative estimate of drug-likeness (QED) is 0.0430. The number of cyclic esters (lactones) is 1. The van der Waals surface area contributed by atoms with Gasteiger partial charge in [-0.25, -0.2) is 19.4 Å². The summed E-state index contributed by atoms with van der Waals surface area (Å²) in [5.74, 6) is -5.30. The Bertz CT molecular complexity index is 3520. The number of aliphatic carboxylic acids is 1. The number of rotatable bonds is 18. The fourth-order valence-corrected chi connectivity index (χ4v) is 12.7. The van der Waals surface area contributed by atoms with E-state index in [2.05, 4.69) is 21.3 Å². The highest BCUT2D eigenvalue weighted by molar-refractivity contribution is 6.14. The molecule has 2 bridgehead atoms. The summed E-state index contributed by atoms with van der Waals surface area (Å²) in [5, 5.41) is 64.2. The average Bonchev–Trinajstić information content (AvgIpc) is 1.58. The van der Waals surface area contributed by atoms with Gasteiger partial charge < -0.3 is 75.1 Å². The van der Waals surface area contributed by atoms with E-state index >= 15 is 0 Å². The van der Waals surface area contributed by atoms with Gasteiger partial charge in [0.2, 0.25) is 24.5 Å². The number of carbonyl (C=O) groups is 8. The summed E-state index contributed by atoms with van der Waals surface area (Å²) in [6.07, 6.45) is -5.06. The largest absolute Gasteiger partial charge is 0.479 e. The summed E-state index contributed by atoms with van der Waals surface area (Å²) in [7, 11) is 0. The molecule has 3 saturated carbocycles. The minimum absolute atomic E-state index is 0.0108. The van der Waals surface area contributed by atoms with Gasteiger partial charge in [0.15, 0.2) is 23.2 Å². The summed E-state index contributed by atoms with van der Waals surface area (Å²) in [4.78, 5) is 122. The zero-order valence-electron chi connectivity index (χ0n) is 45.5. The first kappa shape index (κ1) is 56.6. The zero-order valence-corrected chi connectivity index (χ0v) is 45.5. The van der Waals surface area contributed by atoms with Crippen molar-refractivity contribution in [2.24, 2.45) is 5.92 Å². The van der Waals surface area contributed by atoms with E-state index in [0.29, 0.717) is 58.8 Å². The van der Waals surface area contributed by atoms with Gasteiger partial charge in [-0.05, 0) is 98.7 Å². The van der Waals surface area contributed by atoms with E-state index in [1.165, 1.54) is 6.92 Å². The van der Waals surface area contributed by atoms with Crippen molar-refractivity contribution in [1.82, 2.24) is 30.4 Å². The number of pyridine rings is 2. The van der Waals surface area contributed by atoms with Gasteiger partial charge in [-0.2, -0.15) is 0 Å². The van der Waals surface area contributed by atoms with Crippen LogP contribution in [0.2, 0.25) is 0 Å². The number of esters is 1. The zero-order chi connectivity index (χ0) is 59.2. The molecule has 0 radical (unpaired) electrons. The fraction of sp³-hybridized carbons (Fsp3) is 0.474. The number of nitrogens with one attached hydrogen (secondary N) is 4. The Kier molecular flexibility index (Phi) is 14.4. The Labute approximate surface area is 472 Å². The highest BCUT2D eigenvalue weighted by Crippen LogP contribution is 2.70. The van der Waals surface area contributed by atoms with Crippen molar-refractivity contribution >= 4 is 64.2 Å². The predicted octanol–water partition coefficient (Wildman–Crippen LogP) is 0.675.